The van der Waals surface area contributed by atoms with Gasteiger partial charge in [-0.05, 0) is 99.6 Å². The number of nitrogens with zero attached hydrogens (tertiary/aromatic N) is 3. The van der Waals surface area contributed by atoms with Crippen molar-refractivity contribution in [3.05, 3.63) is 84.3 Å². The van der Waals surface area contributed by atoms with Crippen LogP contribution < -0.4 is 10.6 Å². The van der Waals surface area contributed by atoms with Crippen LogP contribution in [0.1, 0.15) is 48.5 Å². The number of fused-ring (bicyclic) bond motifs is 1. The highest BCUT2D eigenvalue weighted by Crippen LogP contribution is 2.29. The first-order chi connectivity index (χ1) is 17.4. The van der Waals surface area contributed by atoms with Crippen molar-refractivity contribution in [2.45, 2.75) is 38.6 Å². The maximum absolute atomic E-state index is 13.1. The summed E-state index contributed by atoms with van der Waals surface area (Å²) in [7, 11) is 2.16. The minimum atomic E-state index is -0.135. The number of hydrogen-bond donors (Lipinski definition) is 2. The Hall–Kier alpha value is -3.77. The van der Waals surface area contributed by atoms with Crippen molar-refractivity contribution in [1.82, 2.24) is 14.9 Å². The van der Waals surface area contributed by atoms with Crippen LogP contribution in [0, 0.1) is 0 Å². The first-order valence-corrected chi connectivity index (χ1v) is 12.7. The molecule has 0 atom stereocenters. The average molecular weight is 480 g/mol. The largest absolute Gasteiger partial charge is 0.382 e. The van der Waals surface area contributed by atoms with Gasteiger partial charge in [0.25, 0.3) is 5.91 Å². The number of hydrogen-bond acceptors (Lipinski definition) is 5. The summed E-state index contributed by atoms with van der Waals surface area (Å²) in [6.45, 7) is 6.41. The zero-order valence-electron chi connectivity index (χ0n) is 21.2. The number of carbonyl (C=O) groups excluding carboxylic acids is 1. The molecule has 2 N–H and O–H groups in total. The third kappa shape index (κ3) is 5.55. The molecule has 1 aliphatic heterocycles. The van der Waals surface area contributed by atoms with Crippen molar-refractivity contribution in [1.29, 1.82) is 0 Å². The second kappa shape index (κ2) is 10.5. The SMILES string of the molecule is CC(C)Nc1cncc(-c2ccc3cnc(NC(=O)c4cccc(C5CCN(C)CC5)c4)cc3c2)c1. The van der Waals surface area contributed by atoms with Crippen molar-refractivity contribution in [2.24, 2.45) is 0 Å². The Morgan fingerprint density at radius 1 is 0.944 bits per heavy atom. The molecule has 1 fully saturated rings. The maximum Gasteiger partial charge on any atom is 0.256 e. The number of carbonyl (C=O) groups is 1. The van der Waals surface area contributed by atoms with Crippen LogP contribution in [0.4, 0.5) is 11.5 Å². The summed E-state index contributed by atoms with van der Waals surface area (Å²) in [4.78, 5) is 24.3. The van der Waals surface area contributed by atoms with Gasteiger partial charge in [0.1, 0.15) is 5.82 Å². The predicted octanol–water partition coefficient (Wildman–Crippen LogP) is 6.18. The minimum Gasteiger partial charge on any atom is -0.382 e. The molecule has 0 aliphatic carbocycles. The summed E-state index contributed by atoms with van der Waals surface area (Å²) in [5.74, 6) is 0.919. The lowest BCUT2D eigenvalue weighted by Gasteiger charge is -2.29. The fourth-order valence-electron chi connectivity index (χ4n) is 4.86. The Bertz CT molecular complexity index is 1370. The third-order valence-electron chi connectivity index (χ3n) is 6.83. The van der Waals surface area contributed by atoms with Gasteiger partial charge in [0.05, 0.1) is 5.69 Å². The van der Waals surface area contributed by atoms with Crippen LogP contribution in [0.15, 0.2) is 73.2 Å². The van der Waals surface area contributed by atoms with Gasteiger partial charge in [-0.1, -0.05) is 24.3 Å². The summed E-state index contributed by atoms with van der Waals surface area (Å²) < 4.78 is 0. The van der Waals surface area contributed by atoms with Gasteiger partial charge in [-0.2, -0.15) is 0 Å². The van der Waals surface area contributed by atoms with Crippen molar-refractivity contribution in [3.8, 4) is 11.1 Å². The highest BCUT2D eigenvalue weighted by molar-refractivity contribution is 6.04. The fraction of sp³-hybridized carbons (Fsp3) is 0.300. The molecule has 1 saturated heterocycles. The molecule has 5 rings (SSSR count). The molecule has 0 spiro atoms. The van der Waals surface area contributed by atoms with Gasteiger partial charge in [0, 0.05) is 41.1 Å². The molecule has 36 heavy (non-hydrogen) atoms. The molecule has 1 aliphatic rings. The van der Waals surface area contributed by atoms with Gasteiger partial charge in [-0.15, -0.1) is 0 Å². The lowest BCUT2D eigenvalue weighted by molar-refractivity contribution is 0.102. The van der Waals surface area contributed by atoms with E-state index in [-0.39, 0.29) is 5.91 Å². The van der Waals surface area contributed by atoms with Crippen molar-refractivity contribution < 1.29 is 4.79 Å². The smallest absolute Gasteiger partial charge is 0.256 e. The van der Waals surface area contributed by atoms with Crippen LogP contribution in [0.25, 0.3) is 21.9 Å². The Morgan fingerprint density at radius 2 is 1.78 bits per heavy atom. The molecule has 6 nitrogen and oxygen atoms in total. The maximum atomic E-state index is 13.1. The summed E-state index contributed by atoms with van der Waals surface area (Å²) in [6, 6.07) is 18.7. The van der Waals surface area contributed by atoms with E-state index in [4.69, 9.17) is 0 Å². The number of nitrogens with one attached hydrogen (secondary N) is 2. The number of aromatic nitrogens is 2. The molecule has 1 amide bonds. The zero-order chi connectivity index (χ0) is 25.1. The Labute approximate surface area is 212 Å². The van der Waals surface area contributed by atoms with E-state index in [1.807, 2.05) is 36.7 Å². The molecular formula is C30H33N5O. The Kier molecular flexibility index (Phi) is 6.96. The number of pyridine rings is 2. The molecule has 3 heterocycles. The van der Waals surface area contributed by atoms with Gasteiger partial charge in [-0.25, -0.2) is 4.98 Å². The van der Waals surface area contributed by atoms with Gasteiger partial charge in [0.15, 0.2) is 0 Å². The zero-order valence-corrected chi connectivity index (χ0v) is 21.2. The highest BCUT2D eigenvalue weighted by atomic mass is 16.1. The van der Waals surface area contributed by atoms with Crippen LogP contribution in [0.5, 0.6) is 0 Å². The molecule has 2 aromatic heterocycles. The van der Waals surface area contributed by atoms with Crippen LogP contribution in [-0.2, 0) is 0 Å². The van der Waals surface area contributed by atoms with Gasteiger partial charge < -0.3 is 15.5 Å². The molecule has 4 aromatic rings. The summed E-state index contributed by atoms with van der Waals surface area (Å²) in [5, 5.41) is 8.43. The Balaban J connectivity index is 1.35. The Morgan fingerprint density at radius 3 is 2.58 bits per heavy atom. The third-order valence-corrected chi connectivity index (χ3v) is 6.83. The number of likely N-dealkylation sites (tertiary alicyclic amines) is 1. The van der Waals surface area contributed by atoms with E-state index in [0.717, 1.165) is 53.5 Å². The van der Waals surface area contributed by atoms with Gasteiger partial charge >= 0.3 is 0 Å². The molecule has 0 bridgehead atoms. The van der Waals surface area contributed by atoms with E-state index in [1.165, 1.54) is 5.56 Å². The van der Waals surface area contributed by atoms with E-state index < -0.39 is 0 Å². The number of amides is 1. The summed E-state index contributed by atoms with van der Waals surface area (Å²) in [5.41, 5.74) is 5.01. The second-order valence-electron chi connectivity index (χ2n) is 10.0. The van der Waals surface area contributed by atoms with Crippen molar-refractivity contribution in [3.63, 3.8) is 0 Å². The highest BCUT2D eigenvalue weighted by Gasteiger charge is 2.19. The lowest BCUT2D eigenvalue weighted by atomic mass is 9.89. The molecule has 184 valence electrons. The van der Waals surface area contributed by atoms with Crippen molar-refractivity contribution >= 4 is 28.2 Å². The molecule has 0 radical (unpaired) electrons. The molecular weight excluding hydrogens is 446 g/mol. The number of benzene rings is 2. The van der Waals surface area contributed by atoms with E-state index in [0.29, 0.717) is 23.3 Å². The first-order valence-electron chi connectivity index (χ1n) is 12.7. The fourth-order valence-corrected chi connectivity index (χ4v) is 4.86. The van der Waals surface area contributed by atoms with Gasteiger partial charge in [-0.3, -0.25) is 9.78 Å². The predicted molar refractivity (Wildman–Crippen MR) is 148 cm³/mol. The second-order valence-corrected chi connectivity index (χ2v) is 10.0. The summed E-state index contributed by atoms with van der Waals surface area (Å²) in [6.07, 6.45) is 7.76. The molecule has 0 saturated carbocycles. The topological polar surface area (TPSA) is 70.1 Å². The van der Waals surface area contributed by atoms with Crippen LogP contribution in [0.2, 0.25) is 0 Å². The first kappa shape index (κ1) is 23.9. The molecule has 0 unspecified atom stereocenters. The minimum absolute atomic E-state index is 0.135. The normalized spacial score (nSPS) is 14.8. The van der Waals surface area contributed by atoms with Crippen LogP contribution >= 0.6 is 0 Å². The van der Waals surface area contributed by atoms with Crippen molar-refractivity contribution in [2.75, 3.05) is 30.8 Å². The monoisotopic (exact) mass is 479 g/mol. The lowest BCUT2D eigenvalue weighted by Crippen LogP contribution is -2.29. The van der Waals surface area contributed by atoms with E-state index in [2.05, 4.69) is 76.7 Å². The van der Waals surface area contributed by atoms with E-state index in [1.54, 1.807) is 6.20 Å². The number of anilines is 2. The number of piperidine rings is 1. The van der Waals surface area contributed by atoms with Gasteiger partial charge in [0.2, 0.25) is 0 Å². The standard InChI is InChI=1S/C30H33N5O/c1-20(2)33-28-15-27(17-31-19-28)23-7-8-25-18-32-29(16-26(25)14-23)34-30(36)24-6-4-5-22(13-24)21-9-11-35(3)12-10-21/h4-8,13-21,33H,9-12H2,1-3H3,(H,32,34,36). The quantitative estimate of drug-likeness (QED) is 0.346. The molecule has 2 aromatic carbocycles. The van der Waals surface area contributed by atoms with Crippen LogP contribution in [0.3, 0.4) is 0 Å². The van der Waals surface area contributed by atoms with E-state index >= 15 is 0 Å². The van der Waals surface area contributed by atoms with E-state index in [9.17, 15) is 4.79 Å². The molecule has 6 heteroatoms. The summed E-state index contributed by atoms with van der Waals surface area (Å²) >= 11 is 0. The number of rotatable bonds is 6. The van der Waals surface area contributed by atoms with Crippen LogP contribution in [-0.4, -0.2) is 47.0 Å². The average Bonchev–Trinajstić information content (AvgIpc) is 2.88.